The molecule has 27 heteroatoms. The number of aliphatic hydroxyl groups excluding tert-OH is 9. The summed E-state index contributed by atoms with van der Waals surface area (Å²) < 4.78 is 79.9. The second kappa shape index (κ2) is 85.1. The zero-order chi connectivity index (χ0) is 105. The fourth-order valence-corrected chi connectivity index (χ4v) is 10.4. The average Bonchev–Trinajstić information content (AvgIpc) is 1.90. The van der Waals surface area contributed by atoms with Crippen molar-refractivity contribution in [2.24, 2.45) is 11.3 Å². The normalized spacial score (nSPS) is 13.3. The summed E-state index contributed by atoms with van der Waals surface area (Å²) in [6.07, 6.45) is 53.7. The van der Waals surface area contributed by atoms with Crippen LogP contribution in [0.15, 0.2) is 213 Å². The number of ketones is 1. The molecule has 9 atom stereocenters. The van der Waals surface area contributed by atoms with Crippen LogP contribution in [0.5, 0.6) is 5.75 Å². The van der Waals surface area contributed by atoms with Crippen LogP contribution in [-0.4, -0.2) is 185 Å². The lowest BCUT2D eigenvalue weighted by atomic mass is 9.83. The van der Waals surface area contributed by atoms with Gasteiger partial charge in [0.05, 0.1) is 76.4 Å². The molecule has 4 rings (SSSR count). The monoisotopic (exact) mass is 1970 g/mol. The fraction of sp³-hybridized carbons (Fsp3) is 0.398. The number of hydrogen-bond acceptors (Lipinski definition) is 21. The molecule has 1 aliphatic carbocycles. The minimum Gasteiger partial charge on any atom is -0.491 e. The van der Waals surface area contributed by atoms with Crippen molar-refractivity contribution >= 4 is 58.8 Å². The van der Waals surface area contributed by atoms with Gasteiger partial charge in [0.1, 0.15) is 60.3 Å². The number of esters is 5. The van der Waals surface area contributed by atoms with Crippen LogP contribution in [0.4, 0.5) is 17.6 Å². The maximum Gasteiger partial charge on any atom is 0.308 e. The van der Waals surface area contributed by atoms with Crippen LogP contribution >= 0.6 is 23.2 Å². The largest absolute Gasteiger partial charge is 0.491 e. The number of halogens is 6. The second-order valence-corrected chi connectivity index (χ2v) is 31.6. The molecule has 1 fully saturated rings. The smallest absolute Gasteiger partial charge is 0.308 e. The lowest BCUT2D eigenvalue weighted by Crippen LogP contribution is -2.23. The molecule has 0 aliphatic heterocycles. The Labute approximate surface area is 834 Å². The molecule has 3 aromatic rings. The van der Waals surface area contributed by atoms with Gasteiger partial charge in [-0.1, -0.05) is 248 Å². The molecule has 0 aromatic heterocycles. The number of hydrogen-bond donors (Lipinski definition) is 9. The summed E-state index contributed by atoms with van der Waals surface area (Å²) in [5, 5.41) is 87.8. The Bertz CT molecular complexity index is 5170. The van der Waals surface area contributed by atoms with Gasteiger partial charge in [-0.3, -0.25) is 24.0 Å². The second-order valence-electron chi connectivity index (χ2n) is 30.8. The first-order valence-electron chi connectivity index (χ1n) is 44.8. The third-order valence-electron chi connectivity index (χ3n) is 17.6. The first-order chi connectivity index (χ1) is 66.9. The highest BCUT2D eigenvalue weighted by atomic mass is 35.5. The first-order valence-corrected chi connectivity index (χ1v) is 45.5. The van der Waals surface area contributed by atoms with E-state index in [1.165, 1.54) is 128 Å². The van der Waals surface area contributed by atoms with Crippen LogP contribution in [-0.2, 0) is 52.5 Å². The van der Waals surface area contributed by atoms with Gasteiger partial charge >= 0.3 is 35.8 Å². The first kappa shape index (κ1) is 129. The van der Waals surface area contributed by atoms with Crippen molar-refractivity contribution in [2.75, 3.05) is 42.2 Å². The molecule has 750 valence electrons. The van der Waals surface area contributed by atoms with Crippen LogP contribution in [0.25, 0.3) is 0 Å². The summed E-state index contributed by atoms with van der Waals surface area (Å²) in [5.41, 5.74) is 0.994. The van der Waals surface area contributed by atoms with Gasteiger partial charge in [0, 0.05) is 81.8 Å². The highest BCUT2D eigenvalue weighted by Crippen LogP contribution is 2.34. The molecule has 1 aliphatic rings. The van der Waals surface area contributed by atoms with Gasteiger partial charge in [-0.2, -0.15) is 8.78 Å². The van der Waals surface area contributed by atoms with E-state index in [9.17, 15) is 92.3 Å². The van der Waals surface area contributed by atoms with Crippen LogP contribution in [0.3, 0.4) is 0 Å². The van der Waals surface area contributed by atoms with Crippen molar-refractivity contribution in [3.63, 3.8) is 0 Å². The molecule has 21 nitrogen and oxygen atoms in total. The molecule has 0 saturated heterocycles. The van der Waals surface area contributed by atoms with Gasteiger partial charge in [0.15, 0.2) is 0 Å². The Hall–Kier alpha value is -13.1. The van der Waals surface area contributed by atoms with E-state index in [-0.39, 0.29) is 131 Å². The Kier molecular flexibility index (Phi) is 78.4. The molecule has 1 saturated carbocycles. The molecule has 0 heterocycles. The zero-order valence-electron chi connectivity index (χ0n) is 80.5. The highest BCUT2D eigenvalue weighted by Gasteiger charge is 2.27. The third-order valence-corrected chi connectivity index (χ3v) is 18.3. The summed E-state index contributed by atoms with van der Waals surface area (Å²) in [4.78, 5) is 65.5. The summed E-state index contributed by atoms with van der Waals surface area (Å²) in [6.45, 7) is 5.13. The van der Waals surface area contributed by atoms with E-state index in [2.05, 4.69) is 124 Å². The minimum atomic E-state index is -3.09. The molecular formula is C113H130Cl2F4O21. The predicted molar refractivity (Wildman–Crippen MR) is 540 cm³/mol. The van der Waals surface area contributed by atoms with Crippen molar-refractivity contribution in [1.29, 1.82) is 0 Å². The van der Waals surface area contributed by atoms with Gasteiger partial charge in [-0.15, -0.1) is 24.7 Å². The Balaban J connectivity index is 0. The molecule has 0 bridgehead atoms. The standard InChI is InChI=1S/C22H22Cl2O4.C22H27FO5.C21H21FO4.C16H18F2O2.C16H22O4.C16H20O2/c1-28-22(27)13-7-12-19(26)10-5-3-2-4-9-18(25)11-6-8-17-14-15-20(23)21(24)16-17;1-22(2,15-21(26)27-3)14-18(24)8-6-4-5-7-9-19(25)16-28-20-12-10-17(23)11-13-20;1-26-21(25)16-15-20(24)9-5-3-2-4-8-19(23)10-6-7-17-11-13-18(22)14-12-17;1-3-9-15(20)11-6-4-5-7-12-16(17,18)13-8-10-14(2)19;1-20-16(19)11-10-14(17)6-4-2-3-5-7-15(18)12-13-8-9-13;1-3-4-5-6-7-8-9-10-11-12-13-14-15-16(17)18-2/h2-4,9,14-16,18-19,25-26H,7,11-13H2,1H3;4-5,7,9-13,18-19,24-25H,14-16H2,1-3H3;2-4,8,11-14,19-20,23-24H,10,15-16H2,1H3;1,4-6,11,15,20H,8-10,13H2,2H3;2-3,5,7,13-15,17-18H,8-12H2,1H3;1,6-9H,4-5,12-15H2,2H3/b3-2+,9-4+;5-4+,9-7+;3-2+,8-4+;5-4+,11-6+;3-2+,7-5+;7-6+,9-8+/t2*18-,19+;19-,20+;15-;14-,15+;/m01011./s1. The summed E-state index contributed by atoms with van der Waals surface area (Å²) in [6, 6.07) is 16.4. The number of unbranched alkanes of at least 4 members (excludes halogenated alkanes) is 3. The average molecular weight is 1970 g/mol. The van der Waals surface area contributed by atoms with E-state index in [1.807, 2.05) is 44.1 Å². The van der Waals surface area contributed by atoms with Crippen molar-refractivity contribution in [3.05, 3.63) is 245 Å². The van der Waals surface area contributed by atoms with Gasteiger partial charge in [0.25, 0.3) is 0 Å². The van der Waals surface area contributed by atoms with Crippen molar-refractivity contribution in [2.45, 2.75) is 236 Å². The molecule has 0 radical (unpaired) electrons. The molecular weight excluding hydrogens is 1840 g/mol. The van der Waals surface area contributed by atoms with Crippen molar-refractivity contribution < 1.29 is 121 Å². The Morgan fingerprint density at radius 1 is 0.450 bits per heavy atom. The maximum atomic E-state index is 13.2. The van der Waals surface area contributed by atoms with Crippen LogP contribution < -0.4 is 4.74 Å². The van der Waals surface area contributed by atoms with Crippen LogP contribution in [0.1, 0.15) is 186 Å². The minimum absolute atomic E-state index is 0.0373. The number of terminal acetylenes is 2. The number of methoxy groups -OCH3 is 5. The number of alkyl halides is 2. The molecule has 0 amide bonds. The topological polar surface area (TPSA) is 340 Å². The quantitative estimate of drug-likeness (QED) is 0.00634. The fourth-order valence-electron chi connectivity index (χ4n) is 10.1. The lowest BCUT2D eigenvalue weighted by Gasteiger charge is -2.23. The summed E-state index contributed by atoms with van der Waals surface area (Å²) in [5.74, 6) is 43.4. The third kappa shape index (κ3) is 85.3. The van der Waals surface area contributed by atoms with E-state index < -0.39 is 66.6 Å². The number of aliphatic hydroxyl groups is 9. The molecule has 0 unspecified atom stereocenters. The molecule has 0 spiro atoms. The van der Waals surface area contributed by atoms with Crippen LogP contribution in [0.2, 0.25) is 10.0 Å². The zero-order valence-corrected chi connectivity index (χ0v) is 82.0. The van der Waals surface area contributed by atoms with Gasteiger partial charge in [-0.25, -0.2) is 8.78 Å². The Morgan fingerprint density at radius 2 is 0.879 bits per heavy atom. The van der Waals surface area contributed by atoms with E-state index >= 15 is 0 Å². The molecule has 9 N–H and O–H groups in total. The van der Waals surface area contributed by atoms with Gasteiger partial charge in [-0.05, 0) is 192 Å². The van der Waals surface area contributed by atoms with E-state index in [1.54, 1.807) is 115 Å². The van der Waals surface area contributed by atoms with E-state index in [4.69, 9.17) is 40.8 Å². The van der Waals surface area contributed by atoms with E-state index in [0.29, 0.717) is 53.0 Å². The van der Waals surface area contributed by atoms with Gasteiger partial charge in [0.2, 0.25) is 0 Å². The number of carbonyl (C=O) groups excluding carboxylic acids is 6. The highest BCUT2D eigenvalue weighted by molar-refractivity contribution is 6.42. The maximum absolute atomic E-state index is 13.2. The SMILES string of the molecule is C#CCC/C=C/C=C/C#CCCCCC(=O)OC.C#CC[C@@H](O)/C=C/C=C/C#CC(F)(F)CCCC(C)=O.COC(=O)CC(C)(C)C[C@H](O)C#C/C=C/C=C/[C@H](O)COc1ccc(F)cc1.COC(=O)CCC[C@H](O)C#C/C=C/C=C/[C@H](O)CC#Cc1ccc(Cl)c(Cl)c1.COC(=O)CC[C@H](O)C#C/C=C/C=C/[C@H](O)CC#Cc1ccc(F)cc1.COC(=O)CC[C@H](O)C#C/C=C/C=C/[C@H](O)CC1CC1. The number of Topliss-reactive ketones (excluding diaryl/α,β-unsaturated/α-hetero) is 1. The number of rotatable bonds is 43. The summed E-state index contributed by atoms with van der Waals surface area (Å²) >= 11 is 11.8. The molecule has 3 aromatic carbocycles. The number of carbonyl (C=O) groups is 6. The predicted octanol–water partition coefficient (Wildman–Crippen LogP) is 17.0. The summed E-state index contributed by atoms with van der Waals surface area (Å²) in [7, 11) is 6.67. The van der Waals surface area contributed by atoms with E-state index in [0.717, 1.165) is 44.1 Å². The number of ether oxygens (including phenoxy) is 6. The van der Waals surface area contributed by atoms with Crippen LogP contribution in [0, 0.1) is 142 Å². The number of benzene rings is 3. The van der Waals surface area contributed by atoms with Crippen molar-refractivity contribution in [3.8, 4) is 125 Å². The lowest BCUT2D eigenvalue weighted by molar-refractivity contribution is -0.143. The number of allylic oxidation sites excluding steroid dienone is 19. The van der Waals surface area contributed by atoms with Gasteiger partial charge < -0.3 is 79.2 Å². The molecule has 140 heavy (non-hydrogen) atoms. The Morgan fingerprint density at radius 3 is 1.36 bits per heavy atom. The van der Waals surface area contributed by atoms with Crippen molar-refractivity contribution in [1.82, 2.24) is 0 Å².